The molecule has 6 rings (SSSR count). The Morgan fingerprint density at radius 3 is 2.26 bits per heavy atom. The summed E-state index contributed by atoms with van der Waals surface area (Å²) in [6.07, 6.45) is 0.290. The fraction of sp³-hybridized carbons (Fsp3) is 0.242. The summed E-state index contributed by atoms with van der Waals surface area (Å²) in [6.45, 7) is 5.66. The van der Waals surface area contributed by atoms with Gasteiger partial charge in [0, 0.05) is 18.0 Å². The molecule has 2 heterocycles. The molecule has 1 aliphatic rings. The van der Waals surface area contributed by atoms with Crippen molar-refractivity contribution in [3.8, 4) is 11.6 Å². The number of para-hydroxylation sites is 1. The van der Waals surface area contributed by atoms with E-state index in [0.717, 1.165) is 39.0 Å². The Balaban J connectivity index is 1.63. The van der Waals surface area contributed by atoms with E-state index in [2.05, 4.69) is 0 Å². The lowest BCUT2D eigenvalue weighted by Crippen LogP contribution is -2.48. The van der Waals surface area contributed by atoms with Crippen molar-refractivity contribution >= 4 is 16.8 Å². The highest BCUT2D eigenvalue weighted by Gasteiger charge is 2.49. The van der Waals surface area contributed by atoms with Gasteiger partial charge in [-0.05, 0) is 55.2 Å². The normalized spacial score (nSPS) is 20.5. The monoisotopic (exact) mass is 517 g/mol. The Labute approximate surface area is 227 Å². The van der Waals surface area contributed by atoms with Crippen LogP contribution in [0.15, 0.2) is 91.0 Å². The molecule has 0 bridgehead atoms. The fourth-order valence-electron chi connectivity index (χ4n) is 6.19. The summed E-state index contributed by atoms with van der Waals surface area (Å²) in [6, 6.07) is 29.8. The maximum Gasteiger partial charge on any atom is 0.227 e. The van der Waals surface area contributed by atoms with Gasteiger partial charge in [-0.25, -0.2) is 4.98 Å². The standard InChI is InChI=1S/C33H31N3O3/c1-21-27-26(19-33(3,38)30(22(2)37)28(27)24-15-9-5-10-16-24)29-31(34-21)35-36(25-17-11-6-12-18-25)32(29)39-20-23-13-7-4-8-14-23/h4-18,28,30,38H,19-20H2,1-3H3. The minimum Gasteiger partial charge on any atom is -0.472 e. The van der Waals surface area contributed by atoms with Gasteiger partial charge in [0.05, 0.1) is 22.6 Å². The van der Waals surface area contributed by atoms with Crippen LogP contribution in [-0.4, -0.2) is 31.3 Å². The van der Waals surface area contributed by atoms with Crippen molar-refractivity contribution in [3.05, 3.63) is 119 Å². The Bertz CT molecular complexity index is 1640. The first-order valence-electron chi connectivity index (χ1n) is 13.3. The zero-order valence-electron chi connectivity index (χ0n) is 22.3. The summed E-state index contributed by atoms with van der Waals surface area (Å²) in [5, 5.41) is 17.5. The third kappa shape index (κ3) is 4.41. The molecule has 3 unspecified atom stereocenters. The molecule has 1 N–H and O–H groups in total. The first kappa shape index (κ1) is 25.0. The summed E-state index contributed by atoms with van der Waals surface area (Å²) in [4.78, 5) is 18.0. The number of aromatic nitrogens is 3. The number of Topliss-reactive ketones (excluding diaryl/α,β-unsaturated/α-hetero) is 1. The van der Waals surface area contributed by atoms with Crippen LogP contribution in [0.1, 0.15) is 47.7 Å². The molecule has 0 aliphatic heterocycles. The van der Waals surface area contributed by atoms with Crippen LogP contribution < -0.4 is 4.74 Å². The predicted molar refractivity (Wildman–Crippen MR) is 151 cm³/mol. The second-order valence-electron chi connectivity index (χ2n) is 10.6. The molecule has 0 amide bonds. The number of hydrogen-bond acceptors (Lipinski definition) is 5. The van der Waals surface area contributed by atoms with Crippen LogP contribution in [0.25, 0.3) is 16.7 Å². The fourth-order valence-corrected chi connectivity index (χ4v) is 6.19. The largest absolute Gasteiger partial charge is 0.472 e. The van der Waals surface area contributed by atoms with Gasteiger partial charge in [-0.3, -0.25) is 4.79 Å². The highest BCUT2D eigenvalue weighted by Crippen LogP contribution is 2.50. The van der Waals surface area contributed by atoms with Crippen LogP contribution in [0.3, 0.4) is 0 Å². The lowest BCUT2D eigenvalue weighted by Gasteiger charge is -2.43. The van der Waals surface area contributed by atoms with Crippen molar-refractivity contribution in [2.75, 3.05) is 0 Å². The number of ketones is 1. The summed E-state index contributed by atoms with van der Waals surface area (Å²) in [5.41, 5.74) is 4.86. The van der Waals surface area contributed by atoms with Crippen LogP contribution in [0.2, 0.25) is 0 Å². The van der Waals surface area contributed by atoms with Crippen molar-refractivity contribution in [1.82, 2.24) is 14.8 Å². The van der Waals surface area contributed by atoms with E-state index in [4.69, 9.17) is 14.8 Å². The maximum atomic E-state index is 13.1. The lowest BCUT2D eigenvalue weighted by molar-refractivity contribution is -0.130. The molecule has 3 aromatic carbocycles. The highest BCUT2D eigenvalue weighted by molar-refractivity contribution is 5.90. The van der Waals surface area contributed by atoms with Gasteiger partial charge >= 0.3 is 0 Å². The van der Waals surface area contributed by atoms with Crippen molar-refractivity contribution < 1.29 is 14.6 Å². The molecule has 3 atom stereocenters. The Hall–Kier alpha value is -4.29. The molecular weight excluding hydrogens is 486 g/mol. The molecule has 0 fully saturated rings. The van der Waals surface area contributed by atoms with E-state index in [1.807, 2.05) is 97.9 Å². The summed E-state index contributed by atoms with van der Waals surface area (Å²) >= 11 is 0. The topological polar surface area (TPSA) is 77.2 Å². The van der Waals surface area contributed by atoms with Crippen LogP contribution in [0.5, 0.6) is 5.88 Å². The number of nitrogens with zero attached hydrogens (tertiary/aromatic N) is 3. The van der Waals surface area contributed by atoms with Crippen molar-refractivity contribution in [2.24, 2.45) is 5.92 Å². The summed E-state index contributed by atoms with van der Waals surface area (Å²) in [7, 11) is 0. The quantitative estimate of drug-likeness (QED) is 0.301. The van der Waals surface area contributed by atoms with E-state index in [1.165, 1.54) is 0 Å². The molecule has 0 saturated carbocycles. The second kappa shape index (κ2) is 9.79. The highest BCUT2D eigenvalue weighted by atomic mass is 16.5. The Kier molecular flexibility index (Phi) is 6.28. The van der Waals surface area contributed by atoms with Crippen molar-refractivity contribution in [1.29, 1.82) is 0 Å². The SMILES string of the molecule is CC(=O)C1C(c2ccccc2)c2c(C)nc3nn(-c4ccccc4)c(OCc4ccccc4)c3c2CC1(C)O. The van der Waals surface area contributed by atoms with E-state index in [1.54, 1.807) is 18.5 Å². The first-order chi connectivity index (χ1) is 18.8. The van der Waals surface area contributed by atoms with Crippen LogP contribution in [-0.2, 0) is 17.8 Å². The number of aliphatic hydroxyl groups is 1. The zero-order valence-corrected chi connectivity index (χ0v) is 22.3. The Morgan fingerprint density at radius 2 is 1.62 bits per heavy atom. The number of fused-ring (bicyclic) bond motifs is 3. The third-order valence-corrected chi connectivity index (χ3v) is 7.78. The molecular formula is C33H31N3O3. The van der Waals surface area contributed by atoms with Gasteiger partial charge in [0.15, 0.2) is 5.65 Å². The number of benzene rings is 3. The number of ether oxygens (including phenoxy) is 1. The number of carbonyl (C=O) groups is 1. The molecule has 196 valence electrons. The maximum absolute atomic E-state index is 13.1. The zero-order chi connectivity index (χ0) is 27.1. The molecule has 6 nitrogen and oxygen atoms in total. The van der Waals surface area contributed by atoms with Gasteiger partial charge in [-0.2, -0.15) is 4.68 Å². The van der Waals surface area contributed by atoms with Crippen molar-refractivity contribution in [3.63, 3.8) is 0 Å². The molecule has 39 heavy (non-hydrogen) atoms. The van der Waals surface area contributed by atoms with Gasteiger partial charge in [0.25, 0.3) is 0 Å². The molecule has 0 spiro atoms. The third-order valence-electron chi connectivity index (χ3n) is 7.78. The van der Waals surface area contributed by atoms with Crippen molar-refractivity contribution in [2.45, 2.75) is 45.3 Å². The number of aryl methyl sites for hydroxylation is 1. The minimum atomic E-state index is -1.27. The minimum absolute atomic E-state index is 0.0421. The molecule has 0 saturated heterocycles. The Morgan fingerprint density at radius 1 is 1.00 bits per heavy atom. The number of rotatable bonds is 6. The van der Waals surface area contributed by atoms with Gasteiger partial charge in [-0.1, -0.05) is 78.9 Å². The number of pyridine rings is 1. The van der Waals surface area contributed by atoms with E-state index < -0.39 is 11.5 Å². The molecule has 5 aromatic rings. The van der Waals surface area contributed by atoms with E-state index in [-0.39, 0.29) is 18.1 Å². The molecule has 6 heteroatoms. The average Bonchev–Trinajstić information content (AvgIpc) is 3.30. The van der Waals surface area contributed by atoms with Gasteiger partial charge in [-0.15, -0.1) is 5.10 Å². The second-order valence-corrected chi connectivity index (χ2v) is 10.6. The number of hydrogen-bond donors (Lipinski definition) is 1. The van der Waals surface area contributed by atoms with Gasteiger partial charge in [0.2, 0.25) is 5.88 Å². The number of carbonyl (C=O) groups excluding carboxylic acids is 1. The van der Waals surface area contributed by atoms with E-state index in [9.17, 15) is 9.90 Å². The average molecular weight is 518 g/mol. The van der Waals surface area contributed by atoms with E-state index in [0.29, 0.717) is 18.1 Å². The molecule has 2 aromatic heterocycles. The van der Waals surface area contributed by atoms with Crippen LogP contribution >= 0.6 is 0 Å². The van der Waals surface area contributed by atoms with Crippen LogP contribution in [0.4, 0.5) is 0 Å². The smallest absolute Gasteiger partial charge is 0.227 e. The van der Waals surface area contributed by atoms with E-state index >= 15 is 0 Å². The van der Waals surface area contributed by atoms with Gasteiger partial charge < -0.3 is 9.84 Å². The summed E-state index contributed by atoms with van der Waals surface area (Å²) < 4.78 is 8.33. The van der Waals surface area contributed by atoms with Crippen LogP contribution in [0, 0.1) is 12.8 Å². The molecule has 1 aliphatic carbocycles. The van der Waals surface area contributed by atoms with Gasteiger partial charge in [0.1, 0.15) is 12.4 Å². The predicted octanol–water partition coefficient (Wildman–Crippen LogP) is 5.95. The molecule has 0 radical (unpaired) electrons. The lowest BCUT2D eigenvalue weighted by atomic mass is 9.62. The summed E-state index contributed by atoms with van der Waals surface area (Å²) in [5.74, 6) is -0.420. The first-order valence-corrected chi connectivity index (χ1v) is 13.3.